The van der Waals surface area contributed by atoms with Crippen LogP contribution in [0.15, 0.2) is 23.2 Å². The lowest BCUT2D eigenvalue weighted by Gasteiger charge is -2.34. The van der Waals surface area contributed by atoms with Crippen molar-refractivity contribution in [1.82, 2.24) is 14.7 Å². The summed E-state index contributed by atoms with van der Waals surface area (Å²) in [4.78, 5) is 32.5. The summed E-state index contributed by atoms with van der Waals surface area (Å²) < 4.78 is 0. The van der Waals surface area contributed by atoms with Gasteiger partial charge in [0.05, 0.1) is 5.57 Å². The molecule has 5 nitrogen and oxygen atoms in total. The van der Waals surface area contributed by atoms with Crippen molar-refractivity contribution in [2.45, 2.75) is 13.8 Å². The number of nitrogens with zero attached hydrogens (tertiary/aromatic N) is 3. The van der Waals surface area contributed by atoms with Crippen molar-refractivity contribution in [3.05, 3.63) is 28.1 Å². The van der Waals surface area contributed by atoms with Crippen LogP contribution in [0.4, 0.5) is 0 Å². The molecule has 1 aromatic rings. The first-order valence-corrected chi connectivity index (χ1v) is 8.95. The monoisotopic (exact) mass is 333 g/mol. The van der Waals surface area contributed by atoms with Crippen molar-refractivity contribution in [3.8, 4) is 0 Å². The third-order valence-corrected chi connectivity index (χ3v) is 5.17. The maximum Gasteiger partial charge on any atom is 0.277 e. The lowest BCUT2D eigenvalue weighted by Crippen LogP contribution is -2.46. The molecule has 3 rings (SSSR count). The molecule has 0 aromatic carbocycles. The van der Waals surface area contributed by atoms with Gasteiger partial charge in [-0.3, -0.25) is 14.5 Å². The summed E-state index contributed by atoms with van der Waals surface area (Å²) in [5.74, 6) is -0.00365. The molecule has 0 N–H and O–H groups in total. The van der Waals surface area contributed by atoms with Gasteiger partial charge in [-0.05, 0) is 24.4 Å². The zero-order chi connectivity index (χ0) is 16.6. The Bertz CT molecular complexity index is 628. The molecule has 3 heterocycles. The van der Waals surface area contributed by atoms with Crippen molar-refractivity contribution < 1.29 is 9.59 Å². The number of likely N-dealkylation sites (N-methyl/N-ethyl adjacent to an activating group) is 1. The summed E-state index contributed by atoms with van der Waals surface area (Å²) in [6.45, 7) is 7.92. The van der Waals surface area contributed by atoms with Crippen molar-refractivity contribution in [1.29, 1.82) is 0 Å². The fraction of sp³-hybridized carbons (Fsp3) is 0.529. The molecule has 2 amide bonds. The number of imide groups is 1. The Morgan fingerprint density at radius 3 is 2.39 bits per heavy atom. The van der Waals surface area contributed by atoms with E-state index in [0.29, 0.717) is 17.8 Å². The molecule has 0 atom stereocenters. The molecule has 1 aromatic heterocycles. The third-order valence-electron chi connectivity index (χ3n) is 4.28. The lowest BCUT2D eigenvalue weighted by atomic mass is 10.1. The Balaban J connectivity index is 1.98. The third kappa shape index (κ3) is 3.05. The molecule has 0 bridgehead atoms. The van der Waals surface area contributed by atoms with Crippen LogP contribution < -0.4 is 0 Å². The highest BCUT2D eigenvalue weighted by atomic mass is 32.1. The van der Waals surface area contributed by atoms with Crippen molar-refractivity contribution in [2.75, 3.05) is 39.8 Å². The van der Waals surface area contributed by atoms with Gasteiger partial charge in [-0.15, -0.1) is 11.3 Å². The molecule has 0 radical (unpaired) electrons. The van der Waals surface area contributed by atoms with Crippen LogP contribution in [0.1, 0.15) is 18.7 Å². The van der Waals surface area contributed by atoms with Gasteiger partial charge in [0.1, 0.15) is 5.70 Å². The molecule has 124 valence electrons. The number of carbonyl (C=O) groups excluding carboxylic acids is 2. The van der Waals surface area contributed by atoms with E-state index in [1.807, 2.05) is 31.4 Å². The fourth-order valence-electron chi connectivity index (χ4n) is 3.06. The topological polar surface area (TPSA) is 43.9 Å². The minimum atomic E-state index is -0.139. The quantitative estimate of drug-likeness (QED) is 0.787. The molecular weight excluding hydrogens is 310 g/mol. The van der Waals surface area contributed by atoms with Crippen molar-refractivity contribution in [3.63, 3.8) is 0 Å². The van der Waals surface area contributed by atoms with Crippen LogP contribution >= 0.6 is 11.3 Å². The number of rotatable bonds is 4. The summed E-state index contributed by atoms with van der Waals surface area (Å²) in [6.07, 6.45) is 0. The Hall–Kier alpha value is -1.66. The number of hydrogen-bond donors (Lipinski definition) is 0. The molecule has 0 spiro atoms. The average Bonchev–Trinajstić information content (AvgIpc) is 3.10. The number of piperazine rings is 1. The van der Waals surface area contributed by atoms with Gasteiger partial charge in [0.25, 0.3) is 11.8 Å². The Kier molecular flexibility index (Phi) is 4.55. The number of carbonyl (C=O) groups is 2. The number of hydrogen-bond acceptors (Lipinski definition) is 5. The van der Waals surface area contributed by atoms with Crippen LogP contribution in [0.5, 0.6) is 0 Å². The zero-order valence-electron chi connectivity index (χ0n) is 13.9. The minimum Gasteiger partial charge on any atom is -0.364 e. The van der Waals surface area contributed by atoms with Crippen LogP contribution in [0.25, 0.3) is 5.57 Å². The standard InChI is InChI=1S/C17H23N3O2S/c1-12(2)11-20-16(21)14(13-5-4-10-23-13)15(17(20)22)19-8-6-18(3)7-9-19/h4-5,10,12H,6-9,11H2,1-3H3. The van der Waals surface area contributed by atoms with E-state index in [4.69, 9.17) is 0 Å². The summed E-state index contributed by atoms with van der Waals surface area (Å²) in [5, 5.41) is 1.95. The average molecular weight is 333 g/mol. The summed E-state index contributed by atoms with van der Waals surface area (Å²) in [5.41, 5.74) is 1.20. The summed E-state index contributed by atoms with van der Waals surface area (Å²) in [6, 6.07) is 3.86. The molecule has 23 heavy (non-hydrogen) atoms. The second-order valence-electron chi connectivity index (χ2n) is 6.61. The minimum absolute atomic E-state index is 0.128. The van der Waals surface area contributed by atoms with Gasteiger partial charge >= 0.3 is 0 Å². The molecule has 1 saturated heterocycles. The fourth-order valence-corrected chi connectivity index (χ4v) is 3.82. The second kappa shape index (κ2) is 6.45. The second-order valence-corrected chi connectivity index (χ2v) is 7.55. The van der Waals surface area contributed by atoms with Gasteiger partial charge in [-0.25, -0.2) is 0 Å². The first kappa shape index (κ1) is 16.2. The molecule has 0 aliphatic carbocycles. The molecule has 1 fully saturated rings. The highest BCUT2D eigenvalue weighted by molar-refractivity contribution is 7.11. The predicted molar refractivity (Wildman–Crippen MR) is 91.9 cm³/mol. The van der Waals surface area contributed by atoms with E-state index in [1.54, 1.807) is 0 Å². The van der Waals surface area contributed by atoms with E-state index < -0.39 is 0 Å². The normalized spacial score (nSPS) is 20.3. The molecular formula is C17H23N3O2S. The van der Waals surface area contributed by atoms with E-state index in [9.17, 15) is 9.59 Å². The maximum absolute atomic E-state index is 12.9. The van der Waals surface area contributed by atoms with Gasteiger partial charge < -0.3 is 9.80 Å². The molecule has 0 saturated carbocycles. The maximum atomic E-state index is 12.9. The van der Waals surface area contributed by atoms with Crippen LogP contribution in [-0.2, 0) is 9.59 Å². The SMILES string of the molecule is CC(C)CN1C(=O)C(c2cccs2)=C(N2CCN(C)CC2)C1=O. The van der Waals surface area contributed by atoms with E-state index in [-0.39, 0.29) is 17.7 Å². The highest BCUT2D eigenvalue weighted by Gasteiger charge is 2.42. The Labute approximate surface area is 141 Å². The lowest BCUT2D eigenvalue weighted by molar-refractivity contribution is -0.138. The van der Waals surface area contributed by atoms with Crippen LogP contribution in [0, 0.1) is 5.92 Å². The van der Waals surface area contributed by atoms with Gasteiger partial charge in [0.15, 0.2) is 0 Å². The van der Waals surface area contributed by atoms with E-state index >= 15 is 0 Å². The predicted octanol–water partition coefficient (Wildman–Crippen LogP) is 1.73. The number of amides is 2. The largest absolute Gasteiger partial charge is 0.364 e. The smallest absolute Gasteiger partial charge is 0.277 e. The van der Waals surface area contributed by atoms with Gasteiger partial charge in [-0.2, -0.15) is 0 Å². The van der Waals surface area contributed by atoms with E-state index in [1.165, 1.54) is 16.2 Å². The molecule has 2 aliphatic heterocycles. The highest BCUT2D eigenvalue weighted by Crippen LogP contribution is 2.34. The van der Waals surface area contributed by atoms with Gasteiger partial charge in [-0.1, -0.05) is 19.9 Å². The molecule has 0 unspecified atom stereocenters. The van der Waals surface area contributed by atoms with Gasteiger partial charge in [0.2, 0.25) is 0 Å². The van der Waals surface area contributed by atoms with Crippen LogP contribution in [0.3, 0.4) is 0 Å². The molecule has 2 aliphatic rings. The first-order valence-electron chi connectivity index (χ1n) is 8.07. The Morgan fingerprint density at radius 2 is 1.83 bits per heavy atom. The summed E-state index contributed by atoms with van der Waals surface area (Å²) in [7, 11) is 2.08. The number of thiophene rings is 1. The first-order chi connectivity index (χ1) is 11.0. The van der Waals surface area contributed by atoms with Crippen LogP contribution in [0.2, 0.25) is 0 Å². The van der Waals surface area contributed by atoms with E-state index in [0.717, 1.165) is 31.1 Å². The van der Waals surface area contributed by atoms with Crippen molar-refractivity contribution in [2.24, 2.45) is 5.92 Å². The summed E-state index contributed by atoms with van der Waals surface area (Å²) >= 11 is 1.52. The van der Waals surface area contributed by atoms with Gasteiger partial charge in [0, 0.05) is 37.6 Å². The van der Waals surface area contributed by atoms with Crippen LogP contribution in [-0.4, -0.2) is 66.3 Å². The Morgan fingerprint density at radius 1 is 1.13 bits per heavy atom. The van der Waals surface area contributed by atoms with E-state index in [2.05, 4.69) is 16.8 Å². The zero-order valence-corrected chi connectivity index (χ0v) is 14.7. The molecule has 6 heteroatoms. The van der Waals surface area contributed by atoms with Crippen molar-refractivity contribution >= 4 is 28.7 Å².